The van der Waals surface area contributed by atoms with E-state index in [2.05, 4.69) is 34.8 Å². The molecule has 1 atom stereocenters. The smallest absolute Gasteiger partial charge is 0.404 e. The molecule has 1 aromatic heterocycles. The minimum atomic E-state index is -0.956. The molecule has 0 bridgehead atoms. The van der Waals surface area contributed by atoms with Crippen LogP contribution in [0, 0.1) is 0 Å². The minimum absolute atomic E-state index is 0.00184. The highest BCUT2D eigenvalue weighted by Crippen LogP contribution is 2.29. The highest BCUT2D eigenvalue weighted by molar-refractivity contribution is 5.69. The number of carbonyl (C=O) groups is 1. The van der Waals surface area contributed by atoms with Crippen molar-refractivity contribution in [1.82, 2.24) is 14.9 Å². The molecule has 92 valence electrons. The average molecular weight is 235 g/mol. The second kappa shape index (κ2) is 4.61. The van der Waals surface area contributed by atoms with Gasteiger partial charge in [0.2, 0.25) is 0 Å². The third-order valence-corrected chi connectivity index (χ3v) is 2.99. The molecule has 0 radical (unpaired) electrons. The molecule has 1 aliphatic carbocycles. The predicted octanol–water partition coefficient (Wildman–Crippen LogP) is 2.28. The maximum Gasteiger partial charge on any atom is 0.404 e. The van der Waals surface area contributed by atoms with Crippen molar-refractivity contribution in [2.75, 3.05) is 0 Å². The van der Waals surface area contributed by atoms with Crippen LogP contribution >= 0.6 is 0 Å². The molecule has 1 aromatic rings. The van der Waals surface area contributed by atoms with Gasteiger partial charge >= 0.3 is 6.09 Å². The number of nitrogens with zero attached hydrogens (tertiary/aromatic N) is 2. The molecule has 1 unspecified atom stereocenters. The molecule has 5 nitrogen and oxygen atoms in total. The van der Waals surface area contributed by atoms with Crippen molar-refractivity contribution < 1.29 is 9.90 Å². The summed E-state index contributed by atoms with van der Waals surface area (Å²) >= 11 is 0. The summed E-state index contributed by atoms with van der Waals surface area (Å²) in [5.41, 5.74) is 2.27. The largest absolute Gasteiger partial charge is 0.465 e. The Kier molecular flexibility index (Phi) is 3.17. The number of aromatic nitrogens is 2. The molecule has 0 aromatic carbocycles. The van der Waals surface area contributed by atoms with Crippen molar-refractivity contribution in [3.63, 3.8) is 0 Å². The van der Waals surface area contributed by atoms with E-state index < -0.39 is 6.09 Å². The first-order valence-corrected chi connectivity index (χ1v) is 5.78. The fraction of sp³-hybridized carbons (Fsp3) is 0.500. The van der Waals surface area contributed by atoms with Gasteiger partial charge in [0.15, 0.2) is 0 Å². The van der Waals surface area contributed by atoms with Gasteiger partial charge < -0.3 is 15.0 Å². The standard InChI is InChI=1S/C12H17N3O2/c1-8(2)15-7-13-6-11(15)9-3-4-10(5-9)14-12(16)17/h3,6-8,10,14H,4-5H2,1-2H3,(H,16,17). The van der Waals surface area contributed by atoms with E-state index in [1.165, 1.54) is 5.57 Å². The summed E-state index contributed by atoms with van der Waals surface area (Å²) < 4.78 is 2.11. The van der Waals surface area contributed by atoms with Crippen molar-refractivity contribution in [2.24, 2.45) is 0 Å². The van der Waals surface area contributed by atoms with Crippen molar-refractivity contribution in [2.45, 2.75) is 38.8 Å². The van der Waals surface area contributed by atoms with Gasteiger partial charge in [-0.1, -0.05) is 6.08 Å². The maximum absolute atomic E-state index is 10.6. The van der Waals surface area contributed by atoms with Crippen LogP contribution in [0.3, 0.4) is 0 Å². The number of nitrogens with one attached hydrogen (secondary N) is 1. The van der Waals surface area contributed by atoms with Crippen molar-refractivity contribution in [3.8, 4) is 0 Å². The van der Waals surface area contributed by atoms with E-state index in [0.717, 1.165) is 18.5 Å². The topological polar surface area (TPSA) is 67.2 Å². The zero-order valence-electron chi connectivity index (χ0n) is 10.1. The van der Waals surface area contributed by atoms with Crippen LogP contribution in [-0.2, 0) is 0 Å². The zero-order chi connectivity index (χ0) is 12.4. The van der Waals surface area contributed by atoms with Crippen LogP contribution in [0.2, 0.25) is 0 Å². The Balaban J connectivity index is 2.10. The number of amides is 1. The fourth-order valence-electron chi connectivity index (χ4n) is 2.18. The Bertz CT molecular complexity index is 448. The van der Waals surface area contributed by atoms with Gasteiger partial charge in [0, 0.05) is 12.1 Å². The lowest BCUT2D eigenvalue weighted by Crippen LogP contribution is -2.31. The first-order chi connectivity index (χ1) is 8.08. The van der Waals surface area contributed by atoms with Gasteiger partial charge in [0.25, 0.3) is 0 Å². The number of hydrogen-bond acceptors (Lipinski definition) is 2. The van der Waals surface area contributed by atoms with Gasteiger partial charge in [0.05, 0.1) is 18.2 Å². The second-order valence-electron chi connectivity index (χ2n) is 4.60. The molecular formula is C12H17N3O2. The number of rotatable bonds is 3. The molecule has 0 spiro atoms. The van der Waals surface area contributed by atoms with Crippen LogP contribution in [0.5, 0.6) is 0 Å². The van der Waals surface area contributed by atoms with Gasteiger partial charge in [-0.15, -0.1) is 0 Å². The van der Waals surface area contributed by atoms with Crippen molar-refractivity contribution in [3.05, 3.63) is 24.3 Å². The second-order valence-corrected chi connectivity index (χ2v) is 4.60. The van der Waals surface area contributed by atoms with Gasteiger partial charge in [-0.2, -0.15) is 0 Å². The Labute approximate surface area is 100 Å². The lowest BCUT2D eigenvalue weighted by atomic mass is 10.1. The number of imidazole rings is 1. The molecule has 17 heavy (non-hydrogen) atoms. The molecule has 1 heterocycles. The lowest BCUT2D eigenvalue weighted by molar-refractivity contribution is 0.190. The molecule has 2 N–H and O–H groups in total. The first-order valence-electron chi connectivity index (χ1n) is 5.78. The Morgan fingerprint density at radius 1 is 1.65 bits per heavy atom. The van der Waals surface area contributed by atoms with Crippen LogP contribution in [0.25, 0.3) is 5.57 Å². The van der Waals surface area contributed by atoms with E-state index in [9.17, 15) is 4.79 Å². The molecular weight excluding hydrogens is 218 g/mol. The highest BCUT2D eigenvalue weighted by Gasteiger charge is 2.21. The Morgan fingerprint density at radius 2 is 2.41 bits per heavy atom. The summed E-state index contributed by atoms with van der Waals surface area (Å²) in [5, 5.41) is 11.2. The first kappa shape index (κ1) is 11.7. The summed E-state index contributed by atoms with van der Waals surface area (Å²) in [5.74, 6) is 0. The highest BCUT2D eigenvalue weighted by atomic mass is 16.4. The molecule has 1 aliphatic rings. The summed E-state index contributed by atoms with van der Waals surface area (Å²) in [6.07, 6.45) is 6.29. The quantitative estimate of drug-likeness (QED) is 0.844. The van der Waals surface area contributed by atoms with E-state index in [-0.39, 0.29) is 6.04 Å². The van der Waals surface area contributed by atoms with Crippen LogP contribution in [-0.4, -0.2) is 26.8 Å². The Hall–Kier alpha value is -1.78. The zero-order valence-corrected chi connectivity index (χ0v) is 10.1. The van der Waals surface area contributed by atoms with Crippen molar-refractivity contribution in [1.29, 1.82) is 0 Å². The molecule has 0 saturated carbocycles. The SMILES string of the molecule is CC(C)n1cncc1C1=CCC(NC(=O)O)C1. The van der Waals surface area contributed by atoms with Crippen molar-refractivity contribution >= 4 is 11.7 Å². The molecule has 0 aliphatic heterocycles. The summed E-state index contributed by atoms with van der Waals surface area (Å²) in [7, 11) is 0. The van der Waals surface area contributed by atoms with E-state index in [1.54, 1.807) is 0 Å². The third-order valence-electron chi connectivity index (χ3n) is 2.99. The fourth-order valence-corrected chi connectivity index (χ4v) is 2.18. The van der Waals surface area contributed by atoms with Crippen LogP contribution in [0.15, 0.2) is 18.6 Å². The lowest BCUT2D eigenvalue weighted by Gasteiger charge is -2.14. The minimum Gasteiger partial charge on any atom is -0.465 e. The molecule has 0 fully saturated rings. The van der Waals surface area contributed by atoms with Gasteiger partial charge in [-0.3, -0.25) is 0 Å². The Morgan fingerprint density at radius 3 is 3.06 bits per heavy atom. The van der Waals surface area contributed by atoms with Gasteiger partial charge in [-0.25, -0.2) is 9.78 Å². The van der Waals surface area contributed by atoms with Gasteiger partial charge in [0.1, 0.15) is 0 Å². The molecule has 2 rings (SSSR count). The van der Waals surface area contributed by atoms with E-state index in [0.29, 0.717) is 6.04 Å². The molecule has 0 saturated heterocycles. The van der Waals surface area contributed by atoms with Crippen LogP contribution in [0.4, 0.5) is 4.79 Å². The maximum atomic E-state index is 10.6. The predicted molar refractivity (Wildman–Crippen MR) is 64.8 cm³/mol. The molecule has 1 amide bonds. The van der Waals surface area contributed by atoms with E-state index in [4.69, 9.17) is 5.11 Å². The third kappa shape index (κ3) is 2.49. The summed E-state index contributed by atoms with van der Waals surface area (Å²) in [6, 6.07) is 0.359. The van der Waals surface area contributed by atoms with Gasteiger partial charge in [-0.05, 0) is 32.3 Å². The average Bonchev–Trinajstić information content (AvgIpc) is 2.82. The number of carboxylic acid groups (broad SMARTS) is 1. The normalized spacial score (nSPS) is 19.5. The number of hydrogen-bond donors (Lipinski definition) is 2. The monoisotopic (exact) mass is 235 g/mol. The van der Waals surface area contributed by atoms with Crippen LogP contribution in [0.1, 0.15) is 38.4 Å². The summed E-state index contributed by atoms with van der Waals surface area (Å²) in [6.45, 7) is 4.21. The van der Waals surface area contributed by atoms with Crippen LogP contribution < -0.4 is 5.32 Å². The van der Waals surface area contributed by atoms with E-state index in [1.807, 2.05) is 12.5 Å². The van der Waals surface area contributed by atoms with E-state index >= 15 is 0 Å². The molecule has 5 heteroatoms. The summed E-state index contributed by atoms with van der Waals surface area (Å²) in [4.78, 5) is 14.7.